The second-order valence-corrected chi connectivity index (χ2v) is 6.92. The number of thioether (sulfide) groups is 1. The third-order valence-corrected chi connectivity index (χ3v) is 4.99. The van der Waals surface area contributed by atoms with Gasteiger partial charge in [-0.05, 0) is 50.0 Å². The highest BCUT2D eigenvalue weighted by molar-refractivity contribution is 7.99. The molecule has 0 atom stereocenters. The number of hydrogen-bond acceptors (Lipinski definition) is 3. The fraction of sp³-hybridized carbons (Fsp3) is 0.391. The smallest absolute Gasteiger partial charge is 0.0400 e. The van der Waals surface area contributed by atoms with Crippen LogP contribution < -0.4 is 0 Å². The van der Waals surface area contributed by atoms with Crippen LogP contribution in [0.5, 0.6) is 0 Å². The predicted molar refractivity (Wildman–Crippen MR) is 120 cm³/mol. The summed E-state index contributed by atoms with van der Waals surface area (Å²) in [4.78, 5) is 10.1. The van der Waals surface area contributed by atoms with Crippen LogP contribution in [0.1, 0.15) is 46.1 Å². The van der Waals surface area contributed by atoms with Crippen molar-refractivity contribution in [1.29, 1.82) is 0 Å². The van der Waals surface area contributed by atoms with Gasteiger partial charge in [-0.3, -0.25) is 9.98 Å². The van der Waals surface area contributed by atoms with Gasteiger partial charge in [-0.1, -0.05) is 50.3 Å². The molecule has 1 rings (SSSR count). The Morgan fingerprint density at radius 3 is 2.62 bits per heavy atom. The Kier molecular flexibility index (Phi) is 11.4. The van der Waals surface area contributed by atoms with Crippen LogP contribution in [0.3, 0.4) is 0 Å². The van der Waals surface area contributed by atoms with Gasteiger partial charge in [0.2, 0.25) is 0 Å². The highest BCUT2D eigenvalue weighted by Crippen LogP contribution is 2.28. The van der Waals surface area contributed by atoms with Gasteiger partial charge in [-0.2, -0.15) is 0 Å². The lowest BCUT2D eigenvalue weighted by molar-refractivity contribution is 0.931. The SMILES string of the molecule is C/C=C(\C=C/CC)C(=C\C=NC)/CSc1ccccc1C(C)=NCCC. The van der Waals surface area contributed by atoms with Crippen molar-refractivity contribution in [2.24, 2.45) is 9.98 Å². The van der Waals surface area contributed by atoms with Crippen LogP contribution in [-0.4, -0.2) is 31.3 Å². The molecule has 0 amide bonds. The fourth-order valence-corrected chi connectivity index (χ4v) is 3.56. The van der Waals surface area contributed by atoms with Crippen molar-refractivity contribution in [3.05, 3.63) is 65.3 Å². The molecule has 0 aromatic heterocycles. The van der Waals surface area contributed by atoms with Crippen molar-refractivity contribution in [2.45, 2.75) is 45.4 Å². The molecule has 3 heteroatoms. The molecule has 140 valence electrons. The maximum absolute atomic E-state index is 4.69. The van der Waals surface area contributed by atoms with Crippen molar-refractivity contribution >= 4 is 23.7 Å². The van der Waals surface area contributed by atoms with Gasteiger partial charge in [-0.15, -0.1) is 11.8 Å². The molecule has 0 heterocycles. The number of nitrogens with zero attached hydrogens (tertiary/aromatic N) is 2. The fourth-order valence-electron chi connectivity index (χ4n) is 2.44. The van der Waals surface area contributed by atoms with Crippen LogP contribution in [0.25, 0.3) is 0 Å². The van der Waals surface area contributed by atoms with Gasteiger partial charge in [-0.25, -0.2) is 0 Å². The first-order valence-corrected chi connectivity index (χ1v) is 10.3. The van der Waals surface area contributed by atoms with E-state index in [9.17, 15) is 0 Å². The molecule has 0 aliphatic heterocycles. The van der Waals surface area contributed by atoms with Gasteiger partial charge in [0.1, 0.15) is 0 Å². The molecular formula is C23H32N2S. The average molecular weight is 369 g/mol. The molecule has 1 aromatic rings. The quantitative estimate of drug-likeness (QED) is 0.261. The third kappa shape index (κ3) is 7.57. The van der Waals surface area contributed by atoms with Crippen LogP contribution in [0.2, 0.25) is 0 Å². The van der Waals surface area contributed by atoms with Crippen LogP contribution in [0, 0.1) is 0 Å². The topological polar surface area (TPSA) is 24.7 Å². The molecule has 26 heavy (non-hydrogen) atoms. The molecular weight excluding hydrogens is 336 g/mol. The summed E-state index contributed by atoms with van der Waals surface area (Å²) in [5.41, 5.74) is 4.90. The van der Waals surface area contributed by atoms with E-state index in [0.717, 1.165) is 30.9 Å². The lowest BCUT2D eigenvalue weighted by atomic mass is 10.1. The Balaban J connectivity index is 3.05. The van der Waals surface area contributed by atoms with E-state index in [2.05, 4.69) is 86.2 Å². The Hall–Kier alpha value is -1.87. The van der Waals surface area contributed by atoms with Gasteiger partial charge in [0.25, 0.3) is 0 Å². The van der Waals surface area contributed by atoms with E-state index in [1.807, 2.05) is 18.0 Å². The van der Waals surface area contributed by atoms with E-state index in [4.69, 9.17) is 0 Å². The summed E-state index contributed by atoms with van der Waals surface area (Å²) in [6, 6.07) is 8.55. The average Bonchev–Trinajstić information content (AvgIpc) is 2.68. The molecule has 0 aliphatic rings. The predicted octanol–water partition coefficient (Wildman–Crippen LogP) is 6.54. The lowest BCUT2D eigenvalue weighted by Gasteiger charge is -2.12. The van der Waals surface area contributed by atoms with E-state index in [-0.39, 0.29) is 0 Å². The maximum Gasteiger partial charge on any atom is 0.0400 e. The zero-order chi connectivity index (χ0) is 19.2. The zero-order valence-corrected chi connectivity index (χ0v) is 17.6. The summed E-state index contributed by atoms with van der Waals surface area (Å²) < 4.78 is 0. The molecule has 0 spiro atoms. The van der Waals surface area contributed by atoms with Gasteiger partial charge < -0.3 is 0 Å². The Morgan fingerprint density at radius 1 is 1.19 bits per heavy atom. The van der Waals surface area contributed by atoms with Crippen LogP contribution >= 0.6 is 11.8 Å². The molecule has 0 N–H and O–H groups in total. The van der Waals surface area contributed by atoms with Crippen molar-refractivity contribution < 1.29 is 0 Å². The molecule has 0 bridgehead atoms. The second kappa shape index (κ2) is 13.3. The number of hydrogen-bond donors (Lipinski definition) is 0. The number of benzene rings is 1. The summed E-state index contributed by atoms with van der Waals surface area (Å²) in [5.74, 6) is 0.901. The van der Waals surface area contributed by atoms with Gasteiger partial charge in [0, 0.05) is 41.7 Å². The lowest BCUT2D eigenvalue weighted by Crippen LogP contribution is -2.00. The molecule has 0 saturated carbocycles. The zero-order valence-electron chi connectivity index (χ0n) is 16.8. The largest absolute Gasteiger partial charge is 0.297 e. The molecule has 0 unspecified atom stereocenters. The maximum atomic E-state index is 4.69. The molecule has 0 fully saturated rings. The Bertz CT molecular complexity index is 694. The Labute approximate surface area is 163 Å². The van der Waals surface area contributed by atoms with Gasteiger partial charge >= 0.3 is 0 Å². The highest BCUT2D eigenvalue weighted by atomic mass is 32.2. The van der Waals surface area contributed by atoms with E-state index in [1.54, 1.807) is 7.05 Å². The Morgan fingerprint density at radius 2 is 1.96 bits per heavy atom. The van der Waals surface area contributed by atoms with Gasteiger partial charge in [0.15, 0.2) is 0 Å². The minimum atomic E-state index is 0.882. The number of aliphatic imine (C=N–C) groups is 2. The minimum Gasteiger partial charge on any atom is -0.297 e. The number of allylic oxidation sites excluding steroid dienone is 5. The van der Waals surface area contributed by atoms with E-state index < -0.39 is 0 Å². The van der Waals surface area contributed by atoms with Crippen LogP contribution in [0.15, 0.2) is 74.6 Å². The monoisotopic (exact) mass is 368 g/mol. The third-order valence-electron chi connectivity index (χ3n) is 3.87. The first-order valence-electron chi connectivity index (χ1n) is 9.35. The van der Waals surface area contributed by atoms with Gasteiger partial charge in [0.05, 0.1) is 0 Å². The van der Waals surface area contributed by atoms with Crippen molar-refractivity contribution in [2.75, 3.05) is 19.3 Å². The van der Waals surface area contributed by atoms with Crippen molar-refractivity contribution in [1.82, 2.24) is 0 Å². The molecule has 0 aliphatic carbocycles. The summed E-state index contributed by atoms with van der Waals surface area (Å²) in [5, 5.41) is 0. The summed E-state index contributed by atoms with van der Waals surface area (Å²) in [6.07, 6.45) is 12.7. The summed E-state index contributed by atoms with van der Waals surface area (Å²) in [6.45, 7) is 9.40. The molecule has 2 nitrogen and oxygen atoms in total. The van der Waals surface area contributed by atoms with E-state index >= 15 is 0 Å². The summed E-state index contributed by atoms with van der Waals surface area (Å²) in [7, 11) is 1.81. The summed E-state index contributed by atoms with van der Waals surface area (Å²) >= 11 is 1.86. The van der Waals surface area contributed by atoms with Crippen molar-refractivity contribution in [3.8, 4) is 0 Å². The first-order chi connectivity index (χ1) is 12.7. The highest BCUT2D eigenvalue weighted by Gasteiger charge is 2.08. The van der Waals surface area contributed by atoms with Crippen molar-refractivity contribution in [3.63, 3.8) is 0 Å². The van der Waals surface area contributed by atoms with E-state index in [1.165, 1.54) is 21.6 Å². The number of rotatable bonds is 10. The normalized spacial score (nSPS) is 14.0. The molecule has 0 radical (unpaired) electrons. The van der Waals surface area contributed by atoms with Crippen LogP contribution in [-0.2, 0) is 0 Å². The first kappa shape index (κ1) is 22.2. The molecule has 0 saturated heterocycles. The second-order valence-electron chi connectivity index (χ2n) is 5.91. The standard InChI is InChI=1S/C23H32N2S/c1-6-9-12-20(8-3)21(15-17-24-5)18-26-23-14-11-10-13-22(23)19(4)25-16-7-2/h8-15,17H,6-7,16,18H2,1-5H3/b12-9-,20-8+,21-15-,24-17?,25-19?. The molecule has 1 aromatic carbocycles. The minimum absolute atomic E-state index is 0.882. The van der Waals surface area contributed by atoms with Crippen LogP contribution in [0.4, 0.5) is 0 Å². The van der Waals surface area contributed by atoms with E-state index in [0.29, 0.717) is 0 Å².